The first-order valence-corrected chi connectivity index (χ1v) is 10.3. The average Bonchev–Trinajstić information content (AvgIpc) is 3.62. The van der Waals surface area contributed by atoms with Gasteiger partial charge in [-0.1, -0.05) is 0 Å². The quantitative estimate of drug-likeness (QED) is 0.669. The third-order valence-electron chi connectivity index (χ3n) is 5.81. The highest BCUT2D eigenvalue weighted by molar-refractivity contribution is 5.57. The minimum absolute atomic E-state index is 0.0462. The van der Waals surface area contributed by atoms with Crippen LogP contribution in [0.2, 0.25) is 0 Å². The van der Waals surface area contributed by atoms with Gasteiger partial charge in [0.05, 0.1) is 5.69 Å². The molecular formula is C22H24N6O. The van der Waals surface area contributed by atoms with Crippen molar-refractivity contribution in [1.82, 2.24) is 24.7 Å². The summed E-state index contributed by atoms with van der Waals surface area (Å²) in [6.07, 6.45) is 9.84. The molecule has 1 aliphatic carbocycles. The van der Waals surface area contributed by atoms with Gasteiger partial charge in [0.25, 0.3) is 5.56 Å². The molecule has 3 aromatic heterocycles. The van der Waals surface area contributed by atoms with Crippen LogP contribution in [0.3, 0.4) is 0 Å². The van der Waals surface area contributed by atoms with Gasteiger partial charge in [-0.3, -0.25) is 9.78 Å². The van der Waals surface area contributed by atoms with Crippen LogP contribution >= 0.6 is 0 Å². The highest BCUT2D eigenvalue weighted by atomic mass is 16.1. The monoisotopic (exact) mass is 388 g/mol. The summed E-state index contributed by atoms with van der Waals surface area (Å²) < 4.78 is 1.62. The van der Waals surface area contributed by atoms with E-state index in [-0.39, 0.29) is 5.56 Å². The molecule has 29 heavy (non-hydrogen) atoms. The lowest BCUT2D eigenvalue weighted by molar-refractivity contribution is 0.335. The Morgan fingerprint density at radius 1 is 0.931 bits per heavy atom. The van der Waals surface area contributed by atoms with Gasteiger partial charge in [-0.05, 0) is 55.9 Å². The van der Waals surface area contributed by atoms with E-state index in [9.17, 15) is 4.79 Å². The highest BCUT2D eigenvalue weighted by Gasteiger charge is 2.28. The summed E-state index contributed by atoms with van der Waals surface area (Å²) in [7, 11) is 0. The van der Waals surface area contributed by atoms with E-state index < -0.39 is 0 Å². The van der Waals surface area contributed by atoms with E-state index in [0.717, 1.165) is 48.8 Å². The van der Waals surface area contributed by atoms with Crippen LogP contribution in [0, 0.1) is 5.92 Å². The second-order valence-corrected chi connectivity index (χ2v) is 7.95. The second-order valence-electron chi connectivity index (χ2n) is 7.95. The lowest BCUT2D eigenvalue weighted by atomic mass is 9.97. The summed E-state index contributed by atoms with van der Waals surface area (Å²) in [5, 5.41) is 4.59. The van der Waals surface area contributed by atoms with Gasteiger partial charge in [-0.2, -0.15) is 5.10 Å². The number of pyridine rings is 1. The molecule has 1 saturated heterocycles. The predicted octanol–water partition coefficient (Wildman–Crippen LogP) is 2.89. The SMILES string of the molecule is O=c1ccc(-c2ccncc2)nn1CC1CCN(c2ccnc(C3CC3)n2)CC1. The molecule has 1 saturated carbocycles. The zero-order chi connectivity index (χ0) is 19.6. The largest absolute Gasteiger partial charge is 0.356 e. The molecule has 0 unspecified atom stereocenters. The molecular weight excluding hydrogens is 364 g/mol. The van der Waals surface area contributed by atoms with Crippen molar-refractivity contribution < 1.29 is 0 Å². The molecule has 0 radical (unpaired) electrons. The molecule has 7 nitrogen and oxygen atoms in total. The summed E-state index contributed by atoms with van der Waals surface area (Å²) in [4.78, 5) is 27.9. The van der Waals surface area contributed by atoms with Crippen molar-refractivity contribution in [3.05, 3.63) is 65.1 Å². The van der Waals surface area contributed by atoms with Crippen LogP contribution in [0.4, 0.5) is 5.82 Å². The molecule has 0 N–H and O–H groups in total. The third kappa shape index (κ3) is 4.04. The summed E-state index contributed by atoms with van der Waals surface area (Å²) >= 11 is 0. The van der Waals surface area contributed by atoms with E-state index in [1.165, 1.54) is 12.8 Å². The molecule has 5 rings (SSSR count). The second kappa shape index (κ2) is 7.73. The fourth-order valence-corrected chi connectivity index (χ4v) is 3.92. The maximum Gasteiger partial charge on any atom is 0.266 e. The van der Waals surface area contributed by atoms with Crippen LogP contribution in [-0.2, 0) is 6.54 Å². The fraction of sp³-hybridized carbons (Fsp3) is 0.409. The Kier molecular flexibility index (Phi) is 4.79. The third-order valence-corrected chi connectivity index (χ3v) is 5.81. The van der Waals surface area contributed by atoms with Gasteiger partial charge in [0.1, 0.15) is 11.6 Å². The molecule has 0 bridgehead atoms. The number of hydrogen-bond acceptors (Lipinski definition) is 6. The van der Waals surface area contributed by atoms with Crippen LogP contribution in [0.25, 0.3) is 11.3 Å². The Bertz CT molecular complexity index is 1040. The van der Waals surface area contributed by atoms with E-state index >= 15 is 0 Å². The zero-order valence-corrected chi connectivity index (χ0v) is 16.3. The summed E-state index contributed by atoms with van der Waals surface area (Å²) in [5.74, 6) is 3.04. The number of aromatic nitrogens is 5. The maximum atomic E-state index is 12.3. The molecule has 4 heterocycles. The summed E-state index contributed by atoms with van der Waals surface area (Å²) in [6, 6.07) is 9.22. The number of hydrogen-bond donors (Lipinski definition) is 0. The van der Waals surface area contributed by atoms with Gasteiger partial charge >= 0.3 is 0 Å². The van der Waals surface area contributed by atoms with Crippen LogP contribution < -0.4 is 10.5 Å². The van der Waals surface area contributed by atoms with Crippen LogP contribution in [0.15, 0.2) is 53.7 Å². The first-order valence-electron chi connectivity index (χ1n) is 10.3. The minimum atomic E-state index is -0.0462. The molecule has 0 atom stereocenters. The van der Waals surface area contributed by atoms with Gasteiger partial charge in [-0.25, -0.2) is 14.6 Å². The smallest absolute Gasteiger partial charge is 0.266 e. The topological polar surface area (TPSA) is 76.8 Å². The molecule has 2 aliphatic rings. The zero-order valence-electron chi connectivity index (χ0n) is 16.3. The summed E-state index contributed by atoms with van der Waals surface area (Å²) in [5.41, 5.74) is 1.73. The van der Waals surface area contributed by atoms with Crippen molar-refractivity contribution in [2.75, 3.05) is 18.0 Å². The number of rotatable bonds is 5. The molecule has 0 spiro atoms. The van der Waals surface area contributed by atoms with Crippen molar-refractivity contribution in [3.8, 4) is 11.3 Å². The highest BCUT2D eigenvalue weighted by Crippen LogP contribution is 2.38. The molecule has 3 aromatic rings. The van der Waals surface area contributed by atoms with Crippen LogP contribution in [0.5, 0.6) is 0 Å². The number of piperidine rings is 1. The van der Waals surface area contributed by atoms with Gasteiger partial charge < -0.3 is 4.90 Å². The normalized spacial score (nSPS) is 17.4. The Labute approximate surface area is 169 Å². The van der Waals surface area contributed by atoms with Gasteiger partial charge in [-0.15, -0.1) is 0 Å². The Hall–Kier alpha value is -3.09. The first-order chi connectivity index (χ1) is 14.3. The van der Waals surface area contributed by atoms with Gasteiger partial charge in [0, 0.05) is 55.8 Å². The van der Waals surface area contributed by atoms with Crippen LogP contribution in [-0.4, -0.2) is 37.8 Å². The molecule has 7 heteroatoms. The molecule has 1 aliphatic heterocycles. The maximum absolute atomic E-state index is 12.3. The Morgan fingerprint density at radius 2 is 1.72 bits per heavy atom. The number of nitrogens with zero attached hydrogens (tertiary/aromatic N) is 6. The first kappa shape index (κ1) is 18.0. The van der Waals surface area contributed by atoms with Crippen molar-refractivity contribution >= 4 is 5.82 Å². The lowest BCUT2D eigenvalue weighted by Crippen LogP contribution is -2.37. The van der Waals surface area contributed by atoms with Gasteiger partial charge in [0.2, 0.25) is 0 Å². The average molecular weight is 388 g/mol. The van der Waals surface area contributed by atoms with E-state index in [1.54, 1.807) is 29.2 Å². The van der Waals surface area contributed by atoms with Crippen molar-refractivity contribution in [1.29, 1.82) is 0 Å². The van der Waals surface area contributed by atoms with Gasteiger partial charge in [0.15, 0.2) is 0 Å². The number of anilines is 1. The van der Waals surface area contributed by atoms with E-state index in [4.69, 9.17) is 4.98 Å². The van der Waals surface area contributed by atoms with Crippen molar-refractivity contribution in [2.45, 2.75) is 38.1 Å². The van der Waals surface area contributed by atoms with Crippen LogP contribution in [0.1, 0.15) is 37.4 Å². The van der Waals surface area contributed by atoms with E-state index in [0.29, 0.717) is 18.4 Å². The fourth-order valence-electron chi connectivity index (χ4n) is 3.92. The standard InChI is InChI=1S/C22H24N6O/c29-21-4-3-19(17-5-10-23-11-6-17)26-28(21)15-16-8-13-27(14-9-16)20-7-12-24-22(25-20)18-1-2-18/h3-7,10-12,16,18H,1-2,8-9,13-15H2. The van der Waals surface area contributed by atoms with Crippen molar-refractivity contribution in [3.63, 3.8) is 0 Å². The predicted molar refractivity (Wildman–Crippen MR) is 111 cm³/mol. The Morgan fingerprint density at radius 3 is 2.48 bits per heavy atom. The molecule has 2 fully saturated rings. The minimum Gasteiger partial charge on any atom is -0.356 e. The van der Waals surface area contributed by atoms with Crippen molar-refractivity contribution in [2.24, 2.45) is 5.92 Å². The molecule has 0 amide bonds. The lowest BCUT2D eigenvalue weighted by Gasteiger charge is -2.32. The Balaban J connectivity index is 1.25. The summed E-state index contributed by atoms with van der Waals surface area (Å²) in [6.45, 7) is 2.55. The molecule has 148 valence electrons. The molecule has 0 aromatic carbocycles. The van der Waals surface area contributed by atoms with E-state index in [1.807, 2.05) is 24.4 Å². The van der Waals surface area contributed by atoms with E-state index in [2.05, 4.69) is 20.0 Å².